The zero-order valence-electron chi connectivity index (χ0n) is 4.58. The zero-order chi connectivity index (χ0) is 8.36. The Kier molecular flexibility index (Phi) is 2.77. The van der Waals surface area contributed by atoms with Crippen molar-refractivity contribution < 1.29 is 26.7 Å². The molecule has 10 heavy (non-hydrogen) atoms. The Morgan fingerprint density at radius 2 is 1.80 bits per heavy atom. The Balaban J connectivity index is 3.80. The summed E-state index contributed by atoms with van der Waals surface area (Å²) < 4.78 is 58.6. The van der Waals surface area contributed by atoms with Crippen molar-refractivity contribution in [3.05, 3.63) is 12.4 Å². The highest BCUT2D eigenvalue weighted by atomic mass is 19.4. The van der Waals surface area contributed by atoms with Crippen molar-refractivity contribution in [3.8, 4) is 0 Å². The van der Waals surface area contributed by atoms with E-state index < -0.39 is 18.5 Å². The number of ether oxygens (including phenoxy) is 1. The number of hydrogen-bond acceptors (Lipinski definition) is 1. The second-order valence-electron chi connectivity index (χ2n) is 1.33. The SMILES string of the molecule is C=C(F)C(F)OC(F)(F)F. The third-order valence-corrected chi connectivity index (χ3v) is 0.483. The van der Waals surface area contributed by atoms with Crippen molar-refractivity contribution in [3.63, 3.8) is 0 Å². The van der Waals surface area contributed by atoms with Crippen LogP contribution >= 0.6 is 0 Å². The van der Waals surface area contributed by atoms with Crippen molar-refractivity contribution in [2.75, 3.05) is 0 Å². The van der Waals surface area contributed by atoms with E-state index in [2.05, 4.69) is 11.3 Å². The van der Waals surface area contributed by atoms with E-state index in [1.165, 1.54) is 0 Å². The van der Waals surface area contributed by atoms with E-state index in [1.54, 1.807) is 0 Å². The summed E-state index contributed by atoms with van der Waals surface area (Å²) in [6, 6.07) is 0. The first-order chi connectivity index (χ1) is 4.33. The molecule has 0 saturated heterocycles. The Labute approximate surface area is 53.1 Å². The maximum absolute atomic E-state index is 11.6. The lowest BCUT2D eigenvalue weighted by molar-refractivity contribution is -0.355. The molecule has 1 atom stereocenters. The third-order valence-electron chi connectivity index (χ3n) is 0.483. The Bertz CT molecular complexity index is 128. The van der Waals surface area contributed by atoms with E-state index >= 15 is 0 Å². The summed E-state index contributed by atoms with van der Waals surface area (Å²) in [5.41, 5.74) is 0. The van der Waals surface area contributed by atoms with Crippen molar-refractivity contribution in [2.45, 2.75) is 12.7 Å². The van der Waals surface area contributed by atoms with Gasteiger partial charge in [0.1, 0.15) is 0 Å². The fourth-order valence-corrected chi connectivity index (χ4v) is 0.181. The smallest absolute Gasteiger partial charge is 0.250 e. The molecule has 60 valence electrons. The van der Waals surface area contributed by atoms with Crippen molar-refractivity contribution >= 4 is 0 Å². The fraction of sp³-hybridized carbons (Fsp3) is 0.500. The van der Waals surface area contributed by atoms with Crippen molar-refractivity contribution in [1.29, 1.82) is 0 Å². The average Bonchev–Trinajstić information content (AvgIpc) is 1.60. The third kappa shape index (κ3) is 4.25. The Hall–Kier alpha value is -0.650. The van der Waals surface area contributed by atoms with Gasteiger partial charge in [0.05, 0.1) is 0 Å². The molecule has 0 bridgehead atoms. The molecule has 0 aromatic carbocycles. The second kappa shape index (κ2) is 2.96. The maximum Gasteiger partial charge on any atom is 0.525 e. The van der Waals surface area contributed by atoms with Crippen LogP contribution < -0.4 is 0 Å². The van der Waals surface area contributed by atoms with Gasteiger partial charge in [0.25, 0.3) is 6.36 Å². The molecule has 6 heteroatoms. The molecular formula is C4H3F5O. The minimum Gasteiger partial charge on any atom is -0.250 e. The maximum atomic E-state index is 11.6. The number of alkyl halides is 4. The van der Waals surface area contributed by atoms with Gasteiger partial charge < -0.3 is 0 Å². The molecule has 0 fully saturated rings. The molecule has 0 aromatic heterocycles. The molecule has 0 aliphatic rings. The van der Waals surface area contributed by atoms with Crippen LogP contribution in [0.5, 0.6) is 0 Å². The first-order valence-electron chi connectivity index (χ1n) is 2.06. The van der Waals surface area contributed by atoms with Gasteiger partial charge in [-0.15, -0.1) is 13.2 Å². The largest absolute Gasteiger partial charge is 0.525 e. The van der Waals surface area contributed by atoms with Crippen LogP contribution in [-0.2, 0) is 4.74 Å². The normalized spacial score (nSPS) is 14.9. The fourth-order valence-electron chi connectivity index (χ4n) is 0.181. The molecule has 0 spiro atoms. The van der Waals surface area contributed by atoms with Gasteiger partial charge in [-0.3, -0.25) is 4.74 Å². The summed E-state index contributed by atoms with van der Waals surface area (Å²) in [6.45, 7) is 2.27. The number of hydrogen-bond donors (Lipinski definition) is 0. The molecule has 0 heterocycles. The predicted octanol–water partition coefficient (Wildman–Crippen LogP) is 2.30. The molecule has 0 saturated carbocycles. The Morgan fingerprint density at radius 3 is 1.90 bits per heavy atom. The van der Waals surface area contributed by atoms with Crippen LogP contribution in [0.1, 0.15) is 0 Å². The van der Waals surface area contributed by atoms with Gasteiger partial charge in [0.2, 0.25) is 0 Å². The van der Waals surface area contributed by atoms with E-state index in [-0.39, 0.29) is 0 Å². The van der Waals surface area contributed by atoms with Gasteiger partial charge in [0, 0.05) is 0 Å². The lowest BCUT2D eigenvalue weighted by Gasteiger charge is -2.08. The van der Waals surface area contributed by atoms with E-state index in [0.717, 1.165) is 0 Å². The van der Waals surface area contributed by atoms with Crippen molar-refractivity contribution in [2.24, 2.45) is 0 Å². The number of halogens is 5. The highest BCUT2D eigenvalue weighted by Crippen LogP contribution is 2.22. The van der Waals surface area contributed by atoms with Gasteiger partial charge in [-0.2, -0.15) is 0 Å². The van der Waals surface area contributed by atoms with Gasteiger partial charge in [-0.05, 0) is 0 Å². The molecule has 0 N–H and O–H groups in total. The molecule has 0 radical (unpaired) electrons. The van der Waals surface area contributed by atoms with Gasteiger partial charge in [-0.25, -0.2) is 8.78 Å². The summed E-state index contributed by atoms with van der Waals surface area (Å²) in [7, 11) is 0. The summed E-state index contributed by atoms with van der Waals surface area (Å²) >= 11 is 0. The summed E-state index contributed by atoms with van der Waals surface area (Å²) in [6.07, 6.45) is -8.30. The van der Waals surface area contributed by atoms with Gasteiger partial charge in [0.15, 0.2) is 5.83 Å². The molecule has 0 aliphatic carbocycles. The molecule has 0 rings (SSSR count). The van der Waals surface area contributed by atoms with Gasteiger partial charge in [-0.1, -0.05) is 6.58 Å². The minimum atomic E-state index is -5.17. The molecule has 0 amide bonds. The summed E-state index contributed by atoms with van der Waals surface area (Å²) in [5, 5.41) is 0. The molecule has 0 aliphatic heterocycles. The first kappa shape index (κ1) is 9.35. The molecule has 1 nitrogen and oxygen atoms in total. The topological polar surface area (TPSA) is 9.23 Å². The zero-order valence-corrected chi connectivity index (χ0v) is 4.58. The van der Waals surface area contributed by atoms with E-state index in [0.29, 0.717) is 0 Å². The van der Waals surface area contributed by atoms with Crippen LogP contribution in [0, 0.1) is 0 Å². The summed E-state index contributed by atoms with van der Waals surface area (Å²) in [4.78, 5) is 0. The van der Waals surface area contributed by atoms with E-state index in [1.807, 2.05) is 0 Å². The van der Waals surface area contributed by atoms with Crippen LogP contribution in [0.25, 0.3) is 0 Å². The van der Waals surface area contributed by atoms with E-state index in [4.69, 9.17) is 0 Å². The molecule has 1 unspecified atom stereocenters. The van der Waals surface area contributed by atoms with Crippen LogP contribution in [0.2, 0.25) is 0 Å². The Morgan fingerprint density at radius 1 is 1.40 bits per heavy atom. The second-order valence-corrected chi connectivity index (χ2v) is 1.33. The number of rotatable bonds is 2. The lowest BCUT2D eigenvalue weighted by atomic mass is 10.6. The lowest BCUT2D eigenvalue weighted by Crippen LogP contribution is -2.20. The predicted molar refractivity (Wildman–Crippen MR) is 22.3 cm³/mol. The monoisotopic (exact) mass is 162 g/mol. The van der Waals surface area contributed by atoms with Crippen LogP contribution in [0.4, 0.5) is 22.0 Å². The van der Waals surface area contributed by atoms with Crippen LogP contribution in [0.3, 0.4) is 0 Å². The van der Waals surface area contributed by atoms with E-state index in [9.17, 15) is 22.0 Å². The van der Waals surface area contributed by atoms with Crippen LogP contribution in [0.15, 0.2) is 12.4 Å². The van der Waals surface area contributed by atoms with Gasteiger partial charge >= 0.3 is 6.36 Å². The first-order valence-corrected chi connectivity index (χ1v) is 2.06. The standard InChI is InChI=1S/C4H3F5O/c1-2(5)3(6)10-4(7,8)9/h3H,1H2. The highest BCUT2D eigenvalue weighted by molar-refractivity contribution is 4.83. The quantitative estimate of drug-likeness (QED) is 0.566. The highest BCUT2D eigenvalue weighted by Gasteiger charge is 2.34. The average molecular weight is 162 g/mol. The van der Waals surface area contributed by atoms with Crippen molar-refractivity contribution in [1.82, 2.24) is 0 Å². The molecular weight excluding hydrogens is 159 g/mol. The minimum absolute atomic E-state index is 1.81. The molecule has 0 aromatic rings. The van der Waals surface area contributed by atoms with Crippen LogP contribution in [-0.4, -0.2) is 12.7 Å². The summed E-state index contributed by atoms with van der Waals surface area (Å²) in [5.74, 6) is -1.81.